The Kier molecular flexibility index (Phi) is 6.35. The summed E-state index contributed by atoms with van der Waals surface area (Å²) in [4.78, 5) is 43.8. The molecule has 0 spiro atoms. The maximum Gasteiger partial charge on any atom is 0.330 e. The number of fused-ring (bicyclic) bond motifs is 1. The Balaban J connectivity index is 1.57. The van der Waals surface area contributed by atoms with Crippen LogP contribution in [-0.2, 0) is 17.8 Å². The molecule has 3 N–H and O–H groups in total. The molecule has 0 bridgehead atoms. The molecule has 172 valence electrons. The van der Waals surface area contributed by atoms with Gasteiger partial charge in [0.15, 0.2) is 0 Å². The first-order chi connectivity index (χ1) is 15.9. The summed E-state index contributed by atoms with van der Waals surface area (Å²) in [5.41, 5.74) is 8.51. The van der Waals surface area contributed by atoms with E-state index in [1.807, 2.05) is 42.5 Å². The number of anilines is 2. The Hall–Kier alpha value is -3.81. The van der Waals surface area contributed by atoms with E-state index in [9.17, 15) is 14.4 Å². The molecule has 1 unspecified atom stereocenters. The Morgan fingerprint density at radius 2 is 1.79 bits per heavy atom. The molecule has 0 saturated heterocycles. The zero-order valence-electron chi connectivity index (χ0n) is 19.0. The van der Waals surface area contributed by atoms with Gasteiger partial charge in [0, 0.05) is 14.1 Å². The minimum Gasteiger partial charge on any atom is -0.383 e. The maximum atomic E-state index is 13.2. The lowest BCUT2D eigenvalue weighted by atomic mass is 9.87. The number of nitrogen functional groups attached to an aromatic ring is 1. The normalized spacial score (nSPS) is 15.0. The topological polar surface area (TPSA) is 104 Å². The van der Waals surface area contributed by atoms with E-state index >= 15 is 0 Å². The summed E-state index contributed by atoms with van der Waals surface area (Å²) in [7, 11) is 3.44. The third-order valence-electron chi connectivity index (χ3n) is 6.35. The fourth-order valence-electron chi connectivity index (χ4n) is 4.57. The molecule has 8 heteroatoms. The lowest BCUT2D eigenvalue weighted by molar-refractivity contribution is -0.130. The Morgan fingerprint density at radius 3 is 2.55 bits per heavy atom. The molecule has 1 aromatic heterocycles. The maximum absolute atomic E-state index is 13.2. The second-order valence-corrected chi connectivity index (χ2v) is 8.53. The van der Waals surface area contributed by atoms with Crippen LogP contribution in [0.15, 0.2) is 64.2 Å². The van der Waals surface area contributed by atoms with Gasteiger partial charge in [0.25, 0.3) is 5.56 Å². The molecule has 33 heavy (non-hydrogen) atoms. The molecule has 1 heterocycles. The zero-order valence-corrected chi connectivity index (χ0v) is 19.0. The molecule has 1 amide bonds. The molecule has 2 aromatic carbocycles. The van der Waals surface area contributed by atoms with Crippen LogP contribution in [0.1, 0.15) is 35.6 Å². The van der Waals surface area contributed by atoms with E-state index in [2.05, 4.69) is 17.1 Å². The van der Waals surface area contributed by atoms with Crippen LogP contribution in [0.3, 0.4) is 0 Å². The molecule has 1 aliphatic rings. The molecule has 0 aliphatic heterocycles. The number of rotatable bonds is 6. The van der Waals surface area contributed by atoms with Crippen molar-refractivity contribution in [2.75, 3.05) is 31.3 Å². The SMILES string of the molecule is CN(CC(=O)N(C)C1CCCc2ccccc21)c1c(N)n(Cc2ccccc2)c(=O)[nH]c1=O. The van der Waals surface area contributed by atoms with Gasteiger partial charge in [-0.3, -0.25) is 19.1 Å². The molecule has 4 rings (SSSR count). The number of nitrogens with one attached hydrogen (secondary N) is 1. The van der Waals surface area contributed by atoms with E-state index in [1.54, 1.807) is 19.0 Å². The van der Waals surface area contributed by atoms with Crippen molar-refractivity contribution in [1.82, 2.24) is 14.5 Å². The first-order valence-corrected chi connectivity index (χ1v) is 11.1. The largest absolute Gasteiger partial charge is 0.383 e. The number of hydrogen-bond donors (Lipinski definition) is 2. The fourth-order valence-corrected chi connectivity index (χ4v) is 4.57. The number of H-pyrrole nitrogens is 1. The van der Waals surface area contributed by atoms with Gasteiger partial charge in [-0.2, -0.15) is 0 Å². The molecule has 0 radical (unpaired) electrons. The van der Waals surface area contributed by atoms with Gasteiger partial charge in [-0.05, 0) is 36.0 Å². The van der Waals surface area contributed by atoms with Gasteiger partial charge in [-0.25, -0.2) is 4.79 Å². The molecular formula is C25H29N5O3. The Bertz CT molecular complexity index is 1270. The average molecular weight is 448 g/mol. The van der Waals surface area contributed by atoms with Crippen LogP contribution in [0.2, 0.25) is 0 Å². The van der Waals surface area contributed by atoms with E-state index < -0.39 is 11.2 Å². The summed E-state index contributed by atoms with van der Waals surface area (Å²) in [6.07, 6.45) is 2.93. The lowest BCUT2D eigenvalue weighted by Gasteiger charge is -2.34. The summed E-state index contributed by atoms with van der Waals surface area (Å²) < 4.78 is 1.31. The number of amides is 1. The zero-order chi connectivity index (χ0) is 23.5. The minimum absolute atomic E-state index is 0.00137. The van der Waals surface area contributed by atoms with E-state index in [0.29, 0.717) is 0 Å². The first kappa shape index (κ1) is 22.4. The highest BCUT2D eigenvalue weighted by atomic mass is 16.2. The molecule has 8 nitrogen and oxygen atoms in total. The van der Waals surface area contributed by atoms with Gasteiger partial charge >= 0.3 is 5.69 Å². The molecule has 1 atom stereocenters. The van der Waals surface area contributed by atoms with Gasteiger partial charge in [0.05, 0.1) is 19.1 Å². The number of likely N-dealkylation sites (N-methyl/N-ethyl adjacent to an activating group) is 2. The number of carbonyl (C=O) groups excluding carboxylic acids is 1. The Morgan fingerprint density at radius 1 is 1.09 bits per heavy atom. The van der Waals surface area contributed by atoms with Crippen LogP contribution >= 0.6 is 0 Å². The summed E-state index contributed by atoms with van der Waals surface area (Å²) in [6.45, 7) is 0.182. The van der Waals surface area contributed by atoms with E-state index in [-0.39, 0.29) is 36.5 Å². The van der Waals surface area contributed by atoms with Crippen molar-refractivity contribution in [1.29, 1.82) is 0 Å². The number of benzene rings is 2. The number of hydrogen-bond acceptors (Lipinski definition) is 5. The monoisotopic (exact) mass is 447 g/mol. The molecule has 3 aromatic rings. The van der Waals surface area contributed by atoms with Crippen molar-refractivity contribution in [3.05, 3.63) is 92.1 Å². The van der Waals surface area contributed by atoms with Crippen LogP contribution in [0.25, 0.3) is 0 Å². The molecule has 1 aliphatic carbocycles. The van der Waals surface area contributed by atoms with Crippen molar-refractivity contribution in [3.63, 3.8) is 0 Å². The van der Waals surface area contributed by atoms with E-state index in [1.165, 1.54) is 20.6 Å². The third kappa shape index (κ3) is 4.55. The second kappa shape index (κ2) is 9.36. The van der Waals surface area contributed by atoms with Crippen molar-refractivity contribution in [2.24, 2.45) is 0 Å². The van der Waals surface area contributed by atoms with E-state index in [0.717, 1.165) is 24.8 Å². The summed E-state index contributed by atoms with van der Waals surface area (Å²) >= 11 is 0. The van der Waals surface area contributed by atoms with Crippen molar-refractivity contribution in [3.8, 4) is 0 Å². The van der Waals surface area contributed by atoms with Crippen molar-refractivity contribution < 1.29 is 4.79 Å². The minimum atomic E-state index is -0.609. The standard InChI is InChI=1S/C25H29N5O3/c1-28(16-21(31)29(2)20-14-8-12-18-11-6-7-13-19(18)20)22-23(26)30(25(33)27-24(22)32)15-17-9-4-3-5-10-17/h3-7,9-11,13,20H,8,12,14-16,26H2,1-2H3,(H,27,32,33). The summed E-state index contributed by atoms with van der Waals surface area (Å²) in [5, 5.41) is 0. The van der Waals surface area contributed by atoms with Gasteiger partial charge < -0.3 is 15.5 Å². The first-order valence-electron chi connectivity index (χ1n) is 11.1. The van der Waals surface area contributed by atoms with Gasteiger partial charge in [-0.1, -0.05) is 54.6 Å². The molecule has 0 saturated carbocycles. The fraction of sp³-hybridized carbons (Fsp3) is 0.320. The number of nitrogens with zero attached hydrogens (tertiary/aromatic N) is 3. The van der Waals surface area contributed by atoms with Gasteiger partial charge in [-0.15, -0.1) is 0 Å². The van der Waals surface area contributed by atoms with Crippen LogP contribution in [0.4, 0.5) is 11.5 Å². The van der Waals surface area contributed by atoms with Crippen LogP contribution in [-0.4, -0.2) is 41.0 Å². The predicted octanol–water partition coefficient (Wildman–Crippen LogP) is 2.14. The highest BCUT2D eigenvalue weighted by Crippen LogP contribution is 2.33. The van der Waals surface area contributed by atoms with Crippen LogP contribution in [0, 0.1) is 0 Å². The lowest BCUT2D eigenvalue weighted by Crippen LogP contribution is -2.43. The Labute approximate surface area is 192 Å². The highest BCUT2D eigenvalue weighted by Gasteiger charge is 2.28. The predicted molar refractivity (Wildman–Crippen MR) is 129 cm³/mol. The number of nitrogens with two attached hydrogens (primary N) is 1. The molecular weight excluding hydrogens is 418 g/mol. The quantitative estimate of drug-likeness (QED) is 0.603. The van der Waals surface area contributed by atoms with E-state index in [4.69, 9.17) is 5.73 Å². The van der Waals surface area contributed by atoms with Crippen LogP contribution < -0.4 is 21.9 Å². The smallest absolute Gasteiger partial charge is 0.330 e. The number of aryl methyl sites for hydroxylation is 1. The number of aromatic amines is 1. The molecule has 0 fully saturated rings. The van der Waals surface area contributed by atoms with Crippen molar-refractivity contribution in [2.45, 2.75) is 31.8 Å². The summed E-state index contributed by atoms with van der Waals surface area (Å²) in [6, 6.07) is 17.6. The number of carbonyl (C=O) groups is 1. The van der Waals surface area contributed by atoms with Crippen LogP contribution in [0.5, 0.6) is 0 Å². The van der Waals surface area contributed by atoms with Gasteiger partial charge in [0.1, 0.15) is 11.5 Å². The highest BCUT2D eigenvalue weighted by molar-refractivity contribution is 5.82. The third-order valence-corrected chi connectivity index (χ3v) is 6.35. The second-order valence-electron chi connectivity index (χ2n) is 8.53. The van der Waals surface area contributed by atoms with Crippen molar-refractivity contribution >= 4 is 17.4 Å². The number of aromatic nitrogens is 2. The average Bonchev–Trinajstić information content (AvgIpc) is 2.81. The van der Waals surface area contributed by atoms with Gasteiger partial charge in [0.2, 0.25) is 5.91 Å². The summed E-state index contributed by atoms with van der Waals surface area (Å²) in [5.74, 6) is -0.0904.